The molecule has 0 aliphatic rings. The molecule has 0 aromatic heterocycles. The normalized spacial score (nSPS) is 12.0. The molecule has 0 fully saturated rings. The second-order valence-electron chi connectivity index (χ2n) is 7.75. The van der Waals surface area contributed by atoms with E-state index >= 15 is 0 Å². The SMILES string of the molecule is CC(C)(C)OC(=O)CS(=O)(=O)c1ccc([S+](c2ccccc2)c2ccccc2)cc1. The Bertz CT molecular complexity index is 1050. The summed E-state index contributed by atoms with van der Waals surface area (Å²) in [6.45, 7) is 5.13. The predicted molar refractivity (Wildman–Crippen MR) is 119 cm³/mol. The average molecular weight is 442 g/mol. The number of carbonyl (C=O) groups excluding carboxylic acids is 1. The highest BCUT2D eigenvalue weighted by Crippen LogP contribution is 2.31. The molecule has 0 bridgehead atoms. The molecular weight excluding hydrogens is 416 g/mol. The zero-order chi connectivity index (χ0) is 21.8. The van der Waals surface area contributed by atoms with Gasteiger partial charge in [-0.1, -0.05) is 36.4 Å². The van der Waals surface area contributed by atoms with Gasteiger partial charge < -0.3 is 4.74 Å². The summed E-state index contributed by atoms with van der Waals surface area (Å²) in [5.74, 6) is -1.42. The number of ether oxygens (including phenoxy) is 1. The summed E-state index contributed by atoms with van der Waals surface area (Å²) in [5.41, 5.74) is -0.726. The van der Waals surface area contributed by atoms with E-state index in [0.717, 1.165) is 14.7 Å². The topological polar surface area (TPSA) is 60.4 Å². The Morgan fingerprint density at radius 3 is 1.63 bits per heavy atom. The number of hydrogen-bond acceptors (Lipinski definition) is 4. The maximum Gasteiger partial charge on any atom is 0.322 e. The van der Waals surface area contributed by atoms with Crippen LogP contribution in [0.4, 0.5) is 0 Å². The number of sulfone groups is 1. The molecule has 3 aromatic rings. The minimum Gasteiger partial charge on any atom is -0.459 e. The maximum absolute atomic E-state index is 12.7. The molecule has 0 spiro atoms. The minimum absolute atomic E-state index is 0.113. The van der Waals surface area contributed by atoms with Crippen LogP contribution < -0.4 is 0 Å². The fourth-order valence-electron chi connectivity index (χ4n) is 2.91. The van der Waals surface area contributed by atoms with Gasteiger partial charge in [-0.3, -0.25) is 4.79 Å². The van der Waals surface area contributed by atoms with E-state index in [2.05, 4.69) is 24.3 Å². The zero-order valence-electron chi connectivity index (χ0n) is 17.2. The Morgan fingerprint density at radius 2 is 1.20 bits per heavy atom. The van der Waals surface area contributed by atoms with Crippen LogP contribution in [0.25, 0.3) is 0 Å². The van der Waals surface area contributed by atoms with Crippen LogP contribution in [0.1, 0.15) is 20.8 Å². The molecule has 0 radical (unpaired) electrons. The highest BCUT2D eigenvalue weighted by Gasteiger charge is 2.29. The number of carbonyl (C=O) groups is 1. The Labute approximate surface area is 181 Å². The number of benzene rings is 3. The van der Waals surface area contributed by atoms with Crippen molar-refractivity contribution >= 4 is 26.7 Å². The van der Waals surface area contributed by atoms with Crippen molar-refractivity contribution in [3.05, 3.63) is 84.9 Å². The summed E-state index contributed by atoms with van der Waals surface area (Å²) < 4.78 is 30.5. The highest BCUT2D eigenvalue weighted by molar-refractivity contribution is 7.97. The van der Waals surface area contributed by atoms with Crippen LogP contribution in [-0.2, 0) is 30.3 Å². The van der Waals surface area contributed by atoms with E-state index < -0.39 is 27.2 Å². The predicted octanol–water partition coefficient (Wildman–Crippen LogP) is 4.90. The molecule has 0 aliphatic carbocycles. The lowest BCUT2D eigenvalue weighted by Crippen LogP contribution is -2.28. The van der Waals surface area contributed by atoms with Gasteiger partial charge in [-0.25, -0.2) is 8.42 Å². The average Bonchev–Trinajstić information content (AvgIpc) is 2.68. The van der Waals surface area contributed by atoms with E-state index in [1.165, 1.54) is 0 Å². The Kier molecular flexibility index (Phi) is 6.68. The molecule has 0 atom stereocenters. The van der Waals surface area contributed by atoms with Crippen LogP contribution in [0.15, 0.2) is 105 Å². The summed E-state index contributed by atoms with van der Waals surface area (Å²) in [5, 5.41) is 0. The molecule has 4 nitrogen and oxygen atoms in total. The van der Waals surface area contributed by atoms with Crippen molar-refractivity contribution in [2.24, 2.45) is 0 Å². The van der Waals surface area contributed by atoms with Crippen LogP contribution in [0.5, 0.6) is 0 Å². The Morgan fingerprint density at radius 1 is 0.767 bits per heavy atom. The van der Waals surface area contributed by atoms with Crippen molar-refractivity contribution < 1.29 is 17.9 Å². The van der Waals surface area contributed by atoms with Crippen molar-refractivity contribution in [2.75, 3.05) is 5.75 Å². The maximum atomic E-state index is 12.7. The van der Waals surface area contributed by atoms with Gasteiger partial charge in [0.2, 0.25) is 0 Å². The molecule has 30 heavy (non-hydrogen) atoms. The van der Waals surface area contributed by atoms with Gasteiger partial charge >= 0.3 is 5.97 Å². The smallest absolute Gasteiger partial charge is 0.322 e. The lowest BCUT2D eigenvalue weighted by molar-refractivity contribution is -0.151. The molecule has 0 saturated heterocycles. The van der Waals surface area contributed by atoms with Gasteiger partial charge in [0.1, 0.15) is 5.60 Å². The minimum atomic E-state index is -3.78. The first-order chi connectivity index (χ1) is 14.2. The third kappa shape index (κ3) is 5.74. The molecule has 0 heterocycles. The van der Waals surface area contributed by atoms with Crippen LogP contribution in [0.3, 0.4) is 0 Å². The van der Waals surface area contributed by atoms with Crippen molar-refractivity contribution in [1.82, 2.24) is 0 Å². The quantitative estimate of drug-likeness (QED) is 0.403. The van der Waals surface area contributed by atoms with Crippen molar-refractivity contribution in [3.8, 4) is 0 Å². The Balaban J connectivity index is 1.90. The number of hydrogen-bond donors (Lipinski definition) is 0. The van der Waals surface area contributed by atoms with Gasteiger partial charge in [0.15, 0.2) is 30.3 Å². The first-order valence-electron chi connectivity index (χ1n) is 9.55. The summed E-state index contributed by atoms with van der Waals surface area (Å²) in [7, 11) is -4.14. The largest absolute Gasteiger partial charge is 0.459 e. The molecule has 0 N–H and O–H groups in total. The van der Waals surface area contributed by atoms with Crippen molar-refractivity contribution in [3.63, 3.8) is 0 Å². The molecule has 0 saturated carbocycles. The molecule has 0 aliphatic heterocycles. The summed E-state index contributed by atoms with van der Waals surface area (Å²) in [6.07, 6.45) is 0. The van der Waals surface area contributed by atoms with Gasteiger partial charge in [0, 0.05) is 0 Å². The molecule has 3 aromatic carbocycles. The van der Waals surface area contributed by atoms with Crippen LogP contribution >= 0.6 is 0 Å². The standard InChI is InChI=1S/C24H25O4S2/c1-24(2,3)28-23(25)18-30(26,27)22-16-14-21(15-17-22)29(19-10-6-4-7-11-19)20-12-8-5-9-13-20/h4-17H,18H2,1-3H3/q+1. The van der Waals surface area contributed by atoms with Gasteiger partial charge in [0.05, 0.1) is 15.8 Å². The van der Waals surface area contributed by atoms with Gasteiger partial charge in [0.25, 0.3) is 0 Å². The summed E-state index contributed by atoms with van der Waals surface area (Å²) >= 11 is 0. The molecule has 0 unspecified atom stereocenters. The highest BCUT2D eigenvalue weighted by atomic mass is 32.2. The van der Waals surface area contributed by atoms with Crippen molar-refractivity contribution in [2.45, 2.75) is 46.0 Å². The fraction of sp³-hybridized carbons (Fsp3) is 0.208. The number of rotatable bonds is 6. The first-order valence-corrected chi connectivity index (χ1v) is 12.4. The van der Waals surface area contributed by atoms with Crippen LogP contribution in [0, 0.1) is 0 Å². The fourth-order valence-corrected chi connectivity index (χ4v) is 6.08. The van der Waals surface area contributed by atoms with Crippen LogP contribution in [0.2, 0.25) is 0 Å². The van der Waals surface area contributed by atoms with Gasteiger partial charge in [-0.05, 0) is 69.3 Å². The van der Waals surface area contributed by atoms with Crippen LogP contribution in [-0.4, -0.2) is 25.7 Å². The zero-order valence-corrected chi connectivity index (χ0v) is 18.9. The number of esters is 1. The van der Waals surface area contributed by atoms with E-state index in [1.54, 1.807) is 32.9 Å². The van der Waals surface area contributed by atoms with E-state index in [1.807, 2.05) is 48.5 Å². The van der Waals surface area contributed by atoms with Crippen molar-refractivity contribution in [1.29, 1.82) is 0 Å². The second-order valence-corrected chi connectivity index (χ2v) is 11.8. The molecule has 156 valence electrons. The summed E-state index contributed by atoms with van der Waals surface area (Å²) in [6, 6.07) is 27.0. The van der Waals surface area contributed by atoms with E-state index in [4.69, 9.17) is 4.74 Å². The van der Waals surface area contributed by atoms with Gasteiger partial charge in [-0.2, -0.15) is 0 Å². The monoisotopic (exact) mass is 441 g/mol. The third-order valence-electron chi connectivity index (χ3n) is 4.10. The molecule has 6 heteroatoms. The van der Waals surface area contributed by atoms with E-state index in [0.29, 0.717) is 0 Å². The van der Waals surface area contributed by atoms with Gasteiger partial charge in [-0.15, -0.1) is 0 Å². The molecular formula is C24H25O4S2+. The Hall–Kier alpha value is -2.57. The van der Waals surface area contributed by atoms with E-state index in [-0.39, 0.29) is 15.8 Å². The first kappa shape index (κ1) is 22.1. The lowest BCUT2D eigenvalue weighted by Gasteiger charge is -2.19. The summed E-state index contributed by atoms with van der Waals surface area (Å²) in [4.78, 5) is 15.4. The second kappa shape index (κ2) is 9.06. The lowest BCUT2D eigenvalue weighted by atomic mass is 10.2. The third-order valence-corrected chi connectivity index (χ3v) is 7.94. The molecule has 0 amide bonds. The van der Waals surface area contributed by atoms with E-state index in [9.17, 15) is 13.2 Å². The molecule has 3 rings (SSSR count).